The highest BCUT2D eigenvalue weighted by molar-refractivity contribution is 5.66. The summed E-state index contributed by atoms with van der Waals surface area (Å²) >= 11 is 0. The van der Waals surface area contributed by atoms with Gasteiger partial charge in [-0.05, 0) is 37.6 Å². The van der Waals surface area contributed by atoms with Crippen LogP contribution in [0, 0.1) is 5.41 Å². The molecule has 0 saturated heterocycles. The molecule has 3 heteroatoms. The molecule has 0 aliphatic carbocycles. The van der Waals surface area contributed by atoms with E-state index in [4.69, 9.17) is 5.11 Å². The van der Waals surface area contributed by atoms with Crippen molar-refractivity contribution in [2.24, 2.45) is 5.41 Å². The first-order valence-electron chi connectivity index (χ1n) is 6.36. The number of nitrogens with one attached hydrogen (secondary N) is 1. The molecule has 16 heavy (non-hydrogen) atoms. The Morgan fingerprint density at radius 1 is 1.25 bits per heavy atom. The van der Waals surface area contributed by atoms with Crippen LogP contribution in [0.5, 0.6) is 0 Å². The highest BCUT2D eigenvalue weighted by atomic mass is 16.4. The number of carbonyl (C=O) groups is 1. The summed E-state index contributed by atoms with van der Waals surface area (Å²) in [7, 11) is 0. The van der Waals surface area contributed by atoms with Gasteiger partial charge in [-0.2, -0.15) is 0 Å². The Kier molecular flexibility index (Phi) is 7.39. The minimum absolute atomic E-state index is 0.122. The number of aliphatic carboxylic acids is 1. The Hall–Kier alpha value is -0.570. The molecule has 0 bridgehead atoms. The monoisotopic (exact) mass is 229 g/mol. The highest BCUT2D eigenvalue weighted by Crippen LogP contribution is 2.26. The molecule has 0 atom stereocenters. The van der Waals surface area contributed by atoms with E-state index < -0.39 is 5.97 Å². The fourth-order valence-corrected chi connectivity index (χ4v) is 1.76. The second-order valence-electron chi connectivity index (χ2n) is 5.28. The lowest BCUT2D eigenvalue weighted by Gasteiger charge is -2.25. The molecular weight excluding hydrogens is 202 g/mol. The number of carboxylic acids is 1. The number of hydrogen-bond donors (Lipinski definition) is 2. The van der Waals surface area contributed by atoms with Gasteiger partial charge in [0.05, 0.1) is 0 Å². The fourth-order valence-electron chi connectivity index (χ4n) is 1.76. The topological polar surface area (TPSA) is 49.3 Å². The van der Waals surface area contributed by atoms with Gasteiger partial charge in [0.15, 0.2) is 0 Å². The van der Waals surface area contributed by atoms with Crippen LogP contribution in [0.15, 0.2) is 0 Å². The van der Waals surface area contributed by atoms with Crippen molar-refractivity contribution in [2.45, 2.75) is 65.8 Å². The van der Waals surface area contributed by atoms with Gasteiger partial charge < -0.3 is 10.4 Å². The Morgan fingerprint density at radius 2 is 1.81 bits per heavy atom. The summed E-state index contributed by atoms with van der Waals surface area (Å²) in [6.07, 6.45) is 4.39. The minimum atomic E-state index is -0.693. The minimum Gasteiger partial charge on any atom is -0.481 e. The molecule has 0 aliphatic heterocycles. The average molecular weight is 229 g/mol. The molecule has 3 nitrogen and oxygen atoms in total. The molecule has 2 N–H and O–H groups in total. The molecule has 0 radical (unpaired) electrons. The summed E-state index contributed by atoms with van der Waals surface area (Å²) < 4.78 is 0. The van der Waals surface area contributed by atoms with Crippen LogP contribution < -0.4 is 5.32 Å². The zero-order chi connectivity index (χ0) is 12.6. The quantitative estimate of drug-likeness (QED) is 0.639. The van der Waals surface area contributed by atoms with Gasteiger partial charge in [0, 0.05) is 12.5 Å². The molecule has 0 aromatic rings. The molecule has 0 heterocycles. The van der Waals surface area contributed by atoms with Crippen molar-refractivity contribution < 1.29 is 9.90 Å². The van der Waals surface area contributed by atoms with Crippen molar-refractivity contribution in [3.8, 4) is 0 Å². The van der Waals surface area contributed by atoms with Crippen molar-refractivity contribution >= 4 is 5.97 Å². The van der Waals surface area contributed by atoms with E-state index >= 15 is 0 Å². The third-order valence-corrected chi connectivity index (χ3v) is 3.24. The molecule has 96 valence electrons. The molecule has 0 spiro atoms. The molecule has 0 fully saturated rings. The second-order valence-corrected chi connectivity index (χ2v) is 5.28. The summed E-state index contributed by atoms with van der Waals surface area (Å²) in [5.41, 5.74) is 0.122. The summed E-state index contributed by atoms with van der Waals surface area (Å²) in [5, 5.41) is 12.2. The van der Waals surface area contributed by atoms with Crippen LogP contribution in [0.4, 0.5) is 0 Å². The molecule has 0 amide bonds. The maximum atomic E-state index is 10.5. The maximum Gasteiger partial charge on any atom is 0.303 e. The zero-order valence-corrected chi connectivity index (χ0v) is 11.2. The van der Waals surface area contributed by atoms with Gasteiger partial charge in [-0.15, -0.1) is 0 Å². The summed E-state index contributed by atoms with van der Waals surface area (Å²) in [6, 6.07) is 0.607. The molecule has 0 unspecified atom stereocenters. The van der Waals surface area contributed by atoms with Gasteiger partial charge in [-0.25, -0.2) is 0 Å². The van der Waals surface area contributed by atoms with E-state index in [1.54, 1.807) is 0 Å². The molecule has 0 aromatic carbocycles. The predicted octanol–water partition coefficient (Wildman–Crippen LogP) is 3.05. The first-order chi connectivity index (χ1) is 7.41. The van der Waals surface area contributed by atoms with E-state index in [0.29, 0.717) is 6.04 Å². The van der Waals surface area contributed by atoms with Gasteiger partial charge in [0.25, 0.3) is 0 Å². The molecule has 0 rings (SSSR count). The van der Waals surface area contributed by atoms with Gasteiger partial charge in [-0.1, -0.05) is 27.7 Å². The maximum absolute atomic E-state index is 10.5. The van der Waals surface area contributed by atoms with Crippen LogP contribution in [0.25, 0.3) is 0 Å². The highest BCUT2D eigenvalue weighted by Gasteiger charge is 2.19. The van der Waals surface area contributed by atoms with Crippen molar-refractivity contribution in [3.05, 3.63) is 0 Å². The van der Waals surface area contributed by atoms with E-state index in [9.17, 15) is 4.79 Å². The van der Waals surface area contributed by atoms with Crippen LogP contribution >= 0.6 is 0 Å². The molecular formula is C13H27NO2. The SMILES string of the molecule is CCC(CC)NCCC(C)(C)CCC(=O)O. The van der Waals surface area contributed by atoms with E-state index in [2.05, 4.69) is 33.0 Å². The van der Waals surface area contributed by atoms with Crippen LogP contribution in [0.2, 0.25) is 0 Å². The van der Waals surface area contributed by atoms with Gasteiger partial charge in [0.1, 0.15) is 0 Å². The molecule has 0 saturated carbocycles. The fraction of sp³-hybridized carbons (Fsp3) is 0.923. The predicted molar refractivity (Wildman–Crippen MR) is 67.6 cm³/mol. The molecule has 0 aromatic heterocycles. The van der Waals surface area contributed by atoms with Crippen molar-refractivity contribution in [3.63, 3.8) is 0 Å². The van der Waals surface area contributed by atoms with E-state index in [1.165, 1.54) is 0 Å². The Labute approximate surface area is 99.6 Å². The van der Waals surface area contributed by atoms with Crippen LogP contribution in [-0.4, -0.2) is 23.7 Å². The lowest BCUT2D eigenvalue weighted by molar-refractivity contribution is -0.137. The number of carboxylic acid groups (broad SMARTS) is 1. The summed E-state index contributed by atoms with van der Waals surface area (Å²) in [6.45, 7) is 9.65. The Morgan fingerprint density at radius 3 is 2.25 bits per heavy atom. The smallest absolute Gasteiger partial charge is 0.303 e. The van der Waals surface area contributed by atoms with Crippen LogP contribution in [0.1, 0.15) is 59.8 Å². The van der Waals surface area contributed by atoms with Gasteiger partial charge in [0.2, 0.25) is 0 Å². The van der Waals surface area contributed by atoms with E-state index in [-0.39, 0.29) is 11.8 Å². The number of rotatable bonds is 9. The summed E-state index contributed by atoms with van der Waals surface area (Å²) in [5.74, 6) is -0.693. The summed E-state index contributed by atoms with van der Waals surface area (Å²) in [4.78, 5) is 10.5. The first-order valence-corrected chi connectivity index (χ1v) is 6.36. The van der Waals surface area contributed by atoms with Crippen molar-refractivity contribution in [1.82, 2.24) is 5.32 Å². The second kappa shape index (κ2) is 7.66. The van der Waals surface area contributed by atoms with E-state index in [0.717, 1.165) is 32.2 Å². The third kappa shape index (κ3) is 7.69. The standard InChI is InChI=1S/C13H27NO2/c1-5-11(6-2)14-10-9-13(3,4)8-7-12(15)16/h11,14H,5-10H2,1-4H3,(H,15,16). The lowest BCUT2D eigenvalue weighted by atomic mass is 9.84. The first kappa shape index (κ1) is 15.4. The van der Waals surface area contributed by atoms with Gasteiger partial charge >= 0.3 is 5.97 Å². The van der Waals surface area contributed by atoms with E-state index in [1.807, 2.05) is 0 Å². The van der Waals surface area contributed by atoms with Crippen LogP contribution in [-0.2, 0) is 4.79 Å². The van der Waals surface area contributed by atoms with Crippen molar-refractivity contribution in [2.75, 3.05) is 6.54 Å². The lowest BCUT2D eigenvalue weighted by Crippen LogP contribution is -2.31. The van der Waals surface area contributed by atoms with Gasteiger partial charge in [-0.3, -0.25) is 4.79 Å². The van der Waals surface area contributed by atoms with Crippen molar-refractivity contribution in [1.29, 1.82) is 0 Å². The normalized spacial score (nSPS) is 12.1. The average Bonchev–Trinajstić information content (AvgIpc) is 2.22. The Balaban J connectivity index is 3.76. The van der Waals surface area contributed by atoms with Crippen LogP contribution in [0.3, 0.4) is 0 Å². The molecule has 0 aliphatic rings. The number of hydrogen-bond acceptors (Lipinski definition) is 2. The largest absolute Gasteiger partial charge is 0.481 e. The Bertz CT molecular complexity index is 198. The third-order valence-electron chi connectivity index (χ3n) is 3.24. The zero-order valence-electron chi connectivity index (χ0n) is 11.2.